The number of carbonyl (C=O) groups is 2. The van der Waals surface area contributed by atoms with E-state index >= 15 is 0 Å². The van der Waals surface area contributed by atoms with Crippen molar-refractivity contribution in [2.45, 2.75) is 40.0 Å². The van der Waals surface area contributed by atoms with E-state index in [0.29, 0.717) is 6.54 Å². The minimum absolute atomic E-state index is 0.539. The Labute approximate surface area is 114 Å². The Hall–Kier alpha value is -1.84. The molecule has 104 valence electrons. The summed E-state index contributed by atoms with van der Waals surface area (Å²) in [6.07, 6.45) is 2.68. The molecule has 0 aliphatic rings. The van der Waals surface area contributed by atoms with Crippen LogP contribution in [0.2, 0.25) is 0 Å². The Balaban J connectivity index is 2.69. The summed E-state index contributed by atoms with van der Waals surface area (Å²) in [6, 6.07) is 5.83. The van der Waals surface area contributed by atoms with Gasteiger partial charge in [-0.3, -0.25) is 9.59 Å². The fourth-order valence-electron chi connectivity index (χ4n) is 1.83. The molecule has 0 fully saturated rings. The molecule has 1 aromatic carbocycles. The minimum Gasteiger partial charge on any atom is -0.348 e. The molecule has 0 aliphatic heterocycles. The van der Waals surface area contributed by atoms with Crippen LogP contribution in [0.4, 0.5) is 5.69 Å². The molecule has 1 rings (SSSR count). The minimum atomic E-state index is -0.597. The second-order valence-electron chi connectivity index (χ2n) is 4.53. The molecule has 19 heavy (non-hydrogen) atoms. The maximum absolute atomic E-state index is 11.8. The number of para-hydroxylation sites is 1. The Morgan fingerprint density at radius 2 is 1.89 bits per heavy atom. The third-order valence-electron chi connectivity index (χ3n) is 3.00. The van der Waals surface area contributed by atoms with Crippen LogP contribution in [0.1, 0.15) is 37.8 Å². The number of benzene rings is 1. The van der Waals surface area contributed by atoms with Gasteiger partial charge in [0.05, 0.1) is 0 Å². The molecule has 0 bridgehead atoms. The summed E-state index contributed by atoms with van der Waals surface area (Å²) in [7, 11) is 0. The Morgan fingerprint density at radius 3 is 2.53 bits per heavy atom. The van der Waals surface area contributed by atoms with Crippen molar-refractivity contribution in [3.63, 3.8) is 0 Å². The number of nitrogens with one attached hydrogen (secondary N) is 2. The van der Waals surface area contributed by atoms with E-state index < -0.39 is 11.8 Å². The van der Waals surface area contributed by atoms with Gasteiger partial charge in [0.1, 0.15) is 0 Å². The third-order valence-corrected chi connectivity index (χ3v) is 3.00. The smallest absolute Gasteiger partial charge is 0.313 e. The maximum atomic E-state index is 11.8. The first kappa shape index (κ1) is 15.2. The third kappa shape index (κ3) is 4.39. The normalized spacial score (nSPS) is 10.1. The van der Waals surface area contributed by atoms with Gasteiger partial charge in [-0.05, 0) is 30.9 Å². The largest absolute Gasteiger partial charge is 0.348 e. The molecule has 0 unspecified atom stereocenters. The van der Waals surface area contributed by atoms with E-state index in [1.54, 1.807) is 0 Å². The van der Waals surface area contributed by atoms with Gasteiger partial charge < -0.3 is 10.6 Å². The van der Waals surface area contributed by atoms with Crippen molar-refractivity contribution >= 4 is 17.5 Å². The molecule has 0 aliphatic carbocycles. The molecule has 0 aromatic heterocycles. The molecule has 0 radical (unpaired) electrons. The van der Waals surface area contributed by atoms with Crippen molar-refractivity contribution in [1.82, 2.24) is 5.32 Å². The Kier molecular flexibility index (Phi) is 6.06. The molecular formula is C15H22N2O2. The second kappa shape index (κ2) is 7.56. The molecular weight excluding hydrogens is 240 g/mol. The van der Waals surface area contributed by atoms with Crippen LogP contribution in [-0.4, -0.2) is 18.4 Å². The lowest BCUT2D eigenvalue weighted by atomic mass is 10.1. The Morgan fingerprint density at radius 1 is 1.16 bits per heavy atom. The van der Waals surface area contributed by atoms with Crippen LogP contribution in [0.3, 0.4) is 0 Å². The highest BCUT2D eigenvalue weighted by atomic mass is 16.2. The van der Waals surface area contributed by atoms with Crippen LogP contribution in [-0.2, 0) is 16.0 Å². The van der Waals surface area contributed by atoms with Gasteiger partial charge >= 0.3 is 11.8 Å². The number of hydrogen-bond donors (Lipinski definition) is 2. The second-order valence-corrected chi connectivity index (χ2v) is 4.53. The van der Waals surface area contributed by atoms with E-state index in [1.165, 1.54) is 0 Å². The molecule has 4 heteroatoms. The van der Waals surface area contributed by atoms with Crippen LogP contribution in [0.5, 0.6) is 0 Å². The molecule has 0 saturated carbocycles. The number of unbranched alkanes of at least 4 members (excludes halogenated alkanes) is 1. The fraction of sp³-hybridized carbons (Fsp3) is 0.467. The molecule has 0 heterocycles. The van der Waals surface area contributed by atoms with Crippen LogP contribution in [0, 0.1) is 6.92 Å². The summed E-state index contributed by atoms with van der Waals surface area (Å²) in [6.45, 7) is 6.51. The highest BCUT2D eigenvalue weighted by Gasteiger charge is 2.15. The van der Waals surface area contributed by atoms with Crippen LogP contribution in [0.25, 0.3) is 0 Å². The highest BCUT2D eigenvalue weighted by Crippen LogP contribution is 2.20. The molecule has 0 saturated heterocycles. The molecule has 1 aromatic rings. The van der Waals surface area contributed by atoms with E-state index in [-0.39, 0.29) is 0 Å². The van der Waals surface area contributed by atoms with Crippen molar-refractivity contribution in [2.24, 2.45) is 0 Å². The van der Waals surface area contributed by atoms with Crippen molar-refractivity contribution in [3.8, 4) is 0 Å². The van der Waals surface area contributed by atoms with Gasteiger partial charge in [-0.25, -0.2) is 0 Å². The van der Waals surface area contributed by atoms with Gasteiger partial charge in [0.2, 0.25) is 0 Å². The van der Waals surface area contributed by atoms with E-state index in [9.17, 15) is 9.59 Å². The zero-order chi connectivity index (χ0) is 14.3. The van der Waals surface area contributed by atoms with Crippen molar-refractivity contribution < 1.29 is 9.59 Å². The first-order valence-electron chi connectivity index (χ1n) is 6.77. The number of aryl methyl sites for hydroxylation is 2. The number of anilines is 1. The summed E-state index contributed by atoms with van der Waals surface area (Å²) in [5, 5.41) is 5.32. The SMILES string of the molecule is CCCCNC(=O)C(=O)Nc1c(C)cccc1CC. The molecule has 0 spiro atoms. The van der Waals surface area contributed by atoms with Gasteiger partial charge in [0.15, 0.2) is 0 Å². The van der Waals surface area contributed by atoms with Gasteiger partial charge in [-0.15, -0.1) is 0 Å². The summed E-state index contributed by atoms with van der Waals surface area (Å²) >= 11 is 0. The predicted octanol–water partition coefficient (Wildman–Crippen LogP) is 2.41. The van der Waals surface area contributed by atoms with E-state index in [0.717, 1.165) is 36.1 Å². The summed E-state index contributed by atoms with van der Waals surface area (Å²) in [4.78, 5) is 23.4. The highest BCUT2D eigenvalue weighted by molar-refractivity contribution is 6.39. The van der Waals surface area contributed by atoms with Gasteiger partial charge in [-0.2, -0.15) is 0 Å². The monoisotopic (exact) mass is 262 g/mol. The average molecular weight is 262 g/mol. The molecule has 4 nitrogen and oxygen atoms in total. The van der Waals surface area contributed by atoms with E-state index in [4.69, 9.17) is 0 Å². The zero-order valence-corrected chi connectivity index (χ0v) is 11.9. The van der Waals surface area contributed by atoms with Gasteiger partial charge in [0.25, 0.3) is 0 Å². The van der Waals surface area contributed by atoms with Crippen LogP contribution >= 0.6 is 0 Å². The molecule has 2 amide bonds. The lowest BCUT2D eigenvalue weighted by Gasteiger charge is -2.12. The summed E-state index contributed by atoms with van der Waals surface area (Å²) in [5.74, 6) is -1.17. The van der Waals surface area contributed by atoms with Crippen molar-refractivity contribution in [2.75, 3.05) is 11.9 Å². The van der Waals surface area contributed by atoms with E-state index in [1.807, 2.05) is 39.0 Å². The number of carbonyl (C=O) groups excluding carboxylic acids is 2. The van der Waals surface area contributed by atoms with Gasteiger partial charge in [-0.1, -0.05) is 38.5 Å². The van der Waals surface area contributed by atoms with Crippen molar-refractivity contribution in [3.05, 3.63) is 29.3 Å². The quantitative estimate of drug-likeness (QED) is 0.632. The predicted molar refractivity (Wildman–Crippen MR) is 77.1 cm³/mol. The molecule has 2 N–H and O–H groups in total. The number of amides is 2. The van der Waals surface area contributed by atoms with E-state index in [2.05, 4.69) is 10.6 Å². The average Bonchev–Trinajstić information content (AvgIpc) is 2.41. The topological polar surface area (TPSA) is 58.2 Å². The van der Waals surface area contributed by atoms with Gasteiger partial charge in [0, 0.05) is 12.2 Å². The van der Waals surface area contributed by atoms with Crippen LogP contribution in [0.15, 0.2) is 18.2 Å². The first-order valence-corrected chi connectivity index (χ1v) is 6.77. The van der Waals surface area contributed by atoms with Crippen LogP contribution < -0.4 is 10.6 Å². The lowest BCUT2D eigenvalue weighted by molar-refractivity contribution is -0.136. The Bertz CT molecular complexity index is 455. The maximum Gasteiger partial charge on any atom is 0.313 e. The number of rotatable bonds is 5. The first-order chi connectivity index (χ1) is 9.10. The fourth-order valence-corrected chi connectivity index (χ4v) is 1.83. The van der Waals surface area contributed by atoms with Crippen molar-refractivity contribution in [1.29, 1.82) is 0 Å². The lowest BCUT2D eigenvalue weighted by Crippen LogP contribution is -2.36. The summed E-state index contributed by atoms with van der Waals surface area (Å²) in [5.41, 5.74) is 2.75. The standard InChI is InChI=1S/C15H22N2O2/c1-4-6-10-16-14(18)15(19)17-13-11(3)8-7-9-12(13)5-2/h7-9H,4-6,10H2,1-3H3,(H,16,18)(H,17,19). The summed E-state index contributed by atoms with van der Waals surface area (Å²) < 4.78 is 0. The number of hydrogen-bond acceptors (Lipinski definition) is 2. The zero-order valence-electron chi connectivity index (χ0n) is 11.9. The molecule has 0 atom stereocenters.